The summed E-state index contributed by atoms with van der Waals surface area (Å²) >= 11 is 0. The molecule has 2 aliphatic rings. The van der Waals surface area contributed by atoms with Gasteiger partial charge < -0.3 is 10.1 Å². The summed E-state index contributed by atoms with van der Waals surface area (Å²) in [5.41, 5.74) is 3.02. The van der Waals surface area contributed by atoms with Crippen LogP contribution in [0.15, 0.2) is 24.3 Å². The third-order valence-electron chi connectivity index (χ3n) is 5.16. The minimum Gasteiger partial charge on any atom is -0.378 e. The van der Waals surface area contributed by atoms with Crippen molar-refractivity contribution in [2.24, 2.45) is 5.92 Å². The minimum atomic E-state index is 0.413. The van der Waals surface area contributed by atoms with Crippen molar-refractivity contribution in [3.05, 3.63) is 35.4 Å². The van der Waals surface area contributed by atoms with Crippen LogP contribution in [0.4, 0.5) is 0 Å². The van der Waals surface area contributed by atoms with Gasteiger partial charge in [-0.2, -0.15) is 0 Å². The van der Waals surface area contributed by atoms with Crippen LogP contribution in [0, 0.1) is 5.92 Å². The molecule has 3 rings (SSSR count). The Bertz CT molecular complexity index is 455. The molecular formula is C19H29NO. The van der Waals surface area contributed by atoms with E-state index in [4.69, 9.17) is 4.74 Å². The maximum atomic E-state index is 5.82. The molecule has 1 aliphatic carbocycles. The molecule has 1 saturated carbocycles. The zero-order valence-electron chi connectivity index (χ0n) is 13.5. The zero-order valence-corrected chi connectivity index (χ0v) is 13.5. The topological polar surface area (TPSA) is 21.3 Å². The van der Waals surface area contributed by atoms with Crippen molar-refractivity contribution in [3.63, 3.8) is 0 Å². The van der Waals surface area contributed by atoms with Crippen LogP contribution in [0.25, 0.3) is 0 Å². The van der Waals surface area contributed by atoms with Crippen LogP contribution in [-0.2, 0) is 4.74 Å². The van der Waals surface area contributed by atoms with Crippen molar-refractivity contribution in [2.75, 3.05) is 13.2 Å². The molecular weight excluding hydrogens is 258 g/mol. The van der Waals surface area contributed by atoms with Gasteiger partial charge in [-0.05, 0) is 56.2 Å². The van der Waals surface area contributed by atoms with Gasteiger partial charge in [-0.3, -0.25) is 0 Å². The molecule has 21 heavy (non-hydrogen) atoms. The normalized spacial score (nSPS) is 27.5. The summed E-state index contributed by atoms with van der Waals surface area (Å²) in [4.78, 5) is 0. The summed E-state index contributed by atoms with van der Waals surface area (Å²) in [6.07, 6.45) is 6.92. The molecule has 3 unspecified atom stereocenters. The van der Waals surface area contributed by atoms with Gasteiger partial charge in [0.25, 0.3) is 0 Å². The molecule has 0 spiro atoms. The standard InChI is InChI=1S/C19H29NO/c1-3-10-20-19(18-11-14(2)21-13-18)17-9-5-8-16(12-17)15-6-4-7-15/h5,8-9,12,14-15,18-20H,3-4,6-7,10-11,13H2,1-2H3. The smallest absolute Gasteiger partial charge is 0.0551 e. The van der Waals surface area contributed by atoms with Crippen molar-refractivity contribution in [2.45, 2.75) is 64.0 Å². The maximum absolute atomic E-state index is 5.82. The van der Waals surface area contributed by atoms with Gasteiger partial charge in [0, 0.05) is 12.0 Å². The molecule has 2 nitrogen and oxygen atoms in total. The molecule has 116 valence electrons. The lowest BCUT2D eigenvalue weighted by atomic mass is 9.79. The first-order chi connectivity index (χ1) is 10.3. The Kier molecular flexibility index (Phi) is 4.97. The van der Waals surface area contributed by atoms with E-state index in [1.807, 2.05) is 0 Å². The maximum Gasteiger partial charge on any atom is 0.0551 e. The van der Waals surface area contributed by atoms with E-state index in [9.17, 15) is 0 Å². The molecule has 0 amide bonds. The predicted octanol–water partition coefficient (Wildman–Crippen LogP) is 4.42. The number of hydrogen-bond acceptors (Lipinski definition) is 2. The van der Waals surface area contributed by atoms with Crippen molar-refractivity contribution >= 4 is 0 Å². The Balaban J connectivity index is 1.77. The van der Waals surface area contributed by atoms with Gasteiger partial charge in [0.15, 0.2) is 0 Å². The monoisotopic (exact) mass is 287 g/mol. The number of hydrogen-bond donors (Lipinski definition) is 1. The summed E-state index contributed by atoms with van der Waals surface area (Å²) in [7, 11) is 0. The highest BCUT2D eigenvalue weighted by atomic mass is 16.5. The summed E-state index contributed by atoms with van der Waals surface area (Å²) in [6, 6.07) is 9.79. The fourth-order valence-electron chi connectivity index (χ4n) is 3.69. The summed E-state index contributed by atoms with van der Waals surface area (Å²) in [5, 5.41) is 3.77. The Hall–Kier alpha value is -0.860. The van der Waals surface area contributed by atoms with E-state index in [-0.39, 0.29) is 0 Å². The molecule has 0 aromatic heterocycles. The largest absolute Gasteiger partial charge is 0.378 e. The number of ether oxygens (including phenoxy) is 1. The van der Waals surface area contributed by atoms with Crippen molar-refractivity contribution in [3.8, 4) is 0 Å². The summed E-state index contributed by atoms with van der Waals surface area (Å²) in [5.74, 6) is 1.43. The molecule has 1 N–H and O–H groups in total. The summed E-state index contributed by atoms with van der Waals surface area (Å²) < 4.78 is 5.82. The van der Waals surface area contributed by atoms with Crippen molar-refractivity contribution in [1.82, 2.24) is 5.32 Å². The molecule has 0 radical (unpaired) electrons. The Morgan fingerprint density at radius 3 is 2.81 bits per heavy atom. The van der Waals surface area contributed by atoms with E-state index < -0.39 is 0 Å². The average Bonchev–Trinajstić information content (AvgIpc) is 2.84. The van der Waals surface area contributed by atoms with Crippen LogP contribution in [-0.4, -0.2) is 19.3 Å². The van der Waals surface area contributed by atoms with Gasteiger partial charge >= 0.3 is 0 Å². The summed E-state index contributed by atoms with van der Waals surface area (Å²) in [6.45, 7) is 6.42. The van der Waals surface area contributed by atoms with Crippen LogP contribution < -0.4 is 5.32 Å². The van der Waals surface area contributed by atoms with Crippen LogP contribution in [0.2, 0.25) is 0 Å². The molecule has 0 bridgehead atoms. The van der Waals surface area contributed by atoms with E-state index in [2.05, 4.69) is 43.4 Å². The number of nitrogens with one attached hydrogen (secondary N) is 1. The van der Waals surface area contributed by atoms with Gasteiger partial charge in [-0.1, -0.05) is 37.6 Å². The molecule has 1 aromatic rings. The van der Waals surface area contributed by atoms with Gasteiger partial charge in [0.05, 0.1) is 12.7 Å². The second-order valence-electron chi connectivity index (χ2n) is 6.87. The second kappa shape index (κ2) is 6.93. The lowest BCUT2D eigenvalue weighted by molar-refractivity contribution is 0.117. The van der Waals surface area contributed by atoms with Crippen LogP contribution >= 0.6 is 0 Å². The first kappa shape index (κ1) is 15.1. The second-order valence-corrected chi connectivity index (χ2v) is 6.87. The average molecular weight is 287 g/mol. The van der Waals surface area contributed by atoms with E-state index >= 15 is 0 Å². The van der Waals surface area contributed by atoms with Gasteiger partial charge in [0.1, 0.15) is 0 Å². The molecule has 3 atom stereocenters. The van der Waals surface area contributed by atoms with Gasteiger partial charge in [-0.15, -0.1) is 0 Å². The fourth-order valence-corrected chi connectivity index (χ4v) is 3.69. The number of rotatable bonds is 6. The van der Waals surface area contributed by atoms with Crippen LogP contribution in [0.5, 0.6) is 0 Å². The predicted molar refractivity (Wildman–Crippen MR) is 87.6 cm³/mol. The van der Waals surface area contributed by atoms with Crippen molar-refractivity contribution in [1.29, 1.82) is 0 Å². The van der Waals surface area contributed by atoms with Gasteiger partial charge in [0.2, 0.25) is 0 Å². The fraction of sp³-hybridized carbons (Fsp3) is 0.684. The number of benzene rings is 1. The first-order valence-electron chi connectivity index (χ1n) is 8.72. The van der Waals surface area contributed by atoms with E-state index in [0.717, 1.165) is 19.1 Å². The first-order valence-corrected chi connectivity index (χ1v) is 8.72. The van der Waals surface area contributed by atoms with E-state index in [1.165, 1.54) is 37.7 Å². The lowest BCUT2D eigenvalue weighted by Gasteiger charge is -2.29. The van der Waals surface area contributed by atoms with Gasteiger partial charge in [-0.25, -0.2) is 0 Å². The molecule has 2 heteroatoms. The third kappa shape index (κ3) is 3.49. The minimum absolute atomic E-state index is 0.413. The van der Waals surface area contributed by atoms with Crippen molar-refractivity contribution < 1.29 is 4.74 Å². The zero-order chi connectivity index (χ0) is 14.7. The molecule has 1 aromatic carbocycles. The van der Waals surface area contributed by atoms with E-state index in [1.54, 1.807) is 5.56 Å². The molecule has 1 heterocycles. The highest BCUT2D eigenvalue weighted by molar-refractivity contribution is 5.30. The highest BCUT2D eigenvalue weighted by Crippen LogP contribution is 2.38. The van der Waals surface area contributed by atoms with Crippen LogP contribution in [0.3, 0.4) is 0 Å². The Morgan fingerprint density at radius 1 is 1.33 bits per heavy atom. The Morgan fingerprint density at radius 2 is 2.19 bits per heavy atom. The molecule has 2 fully saturated rings. The lowest BCUT2D eigenvalue weighted by Crippen LogP contribution is -2.29. The SMILES string of the molecule is CCCNC(c1cccc(C2CCC2)c1)C1COC(C)C1. The molecule has 1 saturated heterocycles. The quantitative estimate of drug-likeness (QED) is 0.836. The Labute approximate surface area is 129 Å². The van der Waals surface area contributed by atoms with Crippen LogP contribution in [0.1, 0.15) is 69.0 Å². The van der Waals surface area contributed by atoms with E-state index in [0.29, 0.717) is 18.1 Å². The third-order valence-corrected chi connectivity index (χ3v) is 5.16. The molecule has 1 aliphatic heterocycles. The highest BCUT2D eigenvalue weighted by Gasteiger charge is 2.30.